The molecule has 0 fully saturated rings. The summed E-state index contributed by atoms with van der Waals surface area (Å²) in [5.41, 5.74) is 3.43. The number of nitrogens with one attached hydrogen (secondary N) is 1. The Bertz CT molecular complexity index is 738. The van der Waals surface area contributed by atoms with E-state index in [-0.39, 0.29) is 0 Å². The minimum Gasteiger partial charge on any atom is -0.481 e. The van der Waals surface area contributed by atoms with Crippen LogP contribution in [-0.4, -0.2) is 28.2 Å². The molecule has 0 aliphatic carbocycles. The monoisotopic (exact) mass is 296 g/mol. The molecule has 2 aromatic heterocycles. The third kappa shape index (κ3) is 3.43. The molecule has 5 nitrogen and oxygen atoms in total. The number of aromatic nitrogens is 3. The number of hydrogen-bond acceptors (Lipinski definition) is 4. The van der Waals surface area contributed by atoms with Gasteiger partial charge >= 0.3 is 0 Å². The summed E-state index contributed by atoms with van der Waals surface area (Å²) < 4.78 is 7.32. The molecule has 2 heterocycles. The zero-order valence-corrected chi connectivity index (χ0v) is 12.7. The van der Waals surface area contributed by atoms with E-state index in [4.69, 9.17) is 4.74 Å². The van der Waals surface area contributed by atoms with E-state index < -0.39 is 0 Å². The number of rotatable bonds is 7. The molecule has 1 N–H and O–H groups in total. The van der Waals surface area contributed by atoms with Crippen LogP contribution in [0.4, 0.5) is 0 Å². The van der Waals surface area contributed by atoms with Crippen molar-refractivity contribution in [2.45, 2.75) is 19.5 Å². The largest absolute Gasteiger partial charge is 0.481 e. The summed E-state index contributed by atoms with van der Waals surface area (Å²) in [4.78, 5) is 8.51. The van der Waals surface area contributed by atoms with Gasteiger partial charge in [0, 0.05) is 25.4 Å². The zero-order chi connectivity index (χ0) is 15.2. The fourth-order valence-corrected chi connectivity index (χ4v) is 2.47. The van der Waals surface area contributed by atoms with Crippen LogP contribution >= 0.6 is 0 Å². The number of imidazole rings is 1. The van der Waals surface area contributed by atoms with Crippen molar-refractivity contribution in [2.75, 3.05) is 13.7 Å². The van der Waals surface area contributed by atoms with Crippen LogP contribution in [0.3, 0.4) is 0 Å². The topological polar surface area (TPSA) is 52.0 Å². The van der Waals surface area contributed by atoms with E-state index in [1.54, 1.807) is 13.3 Å². The summed E-state index contributed by atoms with van der Waals surface area (Å²) >= 11 is 0. The summed E-state index contributed by atoms with van der Waals surface area (Å²) in [6.45, 7) is 2.74. The Hall–Kier alpha value is -2.40. The Morgan fingerprint density at radius 1 is 1.18 bits per heavy atom. The average molecular weight is 296 g/mol. The second kappa shape index (κ2) is 7.04. The first kappa shape index (κ1) is 14.5. The van der Waals surface area contributed by atoms with Crippen LogP contribution < -0.4 is 10.1 Å². The molecule has 3 rings (SSSR count). The summed E-state index contributed by atoms with van der Waals surface area (Å²) in [7, 11) is 1.63. The Morgan fingerprint density at radius 2 is 2.09 bits per heavy atom. The van der Waals surface area contributed by atoms with Gasteiger partial charge in [0.2, 0.25) is 5.88 Å². The summed E-state index contributed by atoms with van der Waals surface area (Å²) in [6.07, 6.45) is 4.74. The first-order valence-electron chi connectivity index (χ1n) is 7.46. The highest BCUT2D eigenvalue weighted by molar-refractivity contribution is 5.74. The second-order valence-corrected chi connectivity index (χ2v) is 5.16. The Kier molecular flexibility index (Phi) is 4.65. The minimum atomic E-state index is 0.657. The molecule has 0 saturated heterocycles. The molecule has 1 aromatic carbocycles. The average Bonchev–Trinajstić information content (AvgIpc) is 2.98. The number of para-hydroxylation sites is 2. The number of benzene rings is 1. The molecule has 22 heavy (non-hydrogen) atoms. The normalized spacial score (nSPS) is 11.0. The van der Waals surface area contributed by atoms with Crippen LogP contribution in [0.15, 0.2) is 48.9 Å². The standard InChI is InChI=1S/C17H20N4O/c1-22-17-11-14(7-9-19-17)12-18-8-4-10-21-13-20-15-5-2-3-6-16(15)21/h2-3,5-7,9,11,13,18H,4,8,10,12H2,1H3. The van der Waals surface area contributed by atoms with Crippen LogP contribution in [-0.2, 0) is 13.1 Å². The Labute approximate surface area is 130 Å². The predicted octanol–water partition coefficient (Wildman–Crippen LogP) is 2.62. The molecule has 0 spiro atoms. The van der Waals surface area contributed by atoms with Crippen LogP contribution in [0.25, 0.3) is 11.0 Å². The fraction of sp³-hybridized carbons (Fsp3) is 0.294. The van der Waals surface area contributed by atoms with Gasteiger partial charge in [-0.15, -0.1) is 0 Å². The molecule has 0 bridgehead atoms. The Balaban J connectivity index is 1.45. The fourth-order valence-electron chi connectivity index (χ4n) is 2.47. The second-order valence-electron chi connectivity index (χ2n) is 5.16. The van der Waals surface area contributed by atoms with Gasteiger partial charge in [0.05, 0.1) is 24.5 Å². The molecule has 5 heteroatoms. The zero-order valence-electron chi connectivity index (χ0n) is 12.7. The maximum absolute atomic E-state index is 5.12. The van der Waals surface area contributed by atoms with Gasteiger partial charge in [0.15, 0.2) is 0 Å². The van der Waals surface area contributed by atoms with Gasteiger partial charge in [-0.3, -0.25) is 0 Å². The van der Waals surface area contributed by atoms with E-state index >= 15 is 0 Å². The highest BCUT2D eigenvalue weighted by atomic mass is 16.5. The lowest BCUT2D eigenvalue weighted by atomic mass is 10.2. The minimum absolute atomic E-state index is 0.657. The lowest BCUT2D eigenvalue weighted by Gasteiger charge is -2.07. The number of aryl methyl sites for hydroxylation is 1. The van der Waals surface area contributed by atoms with E-state index in [1.807, 2.05) is 30.6 Å². The van der Waals surface area contributed by atoms with Crippen molar-refractivity contribution in [1.82, 2.24) is 19.9 Å². The van der Waals surface area contributed by atoms with Crippen LogP contribution in [0, 0.1) is 0 Å². The van der Waals surface area contributed by atoms with E-state index in [1.165, 1.54) is 11.1 Å². The van der Waals surface area contributed by atoms with Crippen molar-refractivity contribution >= 4 is 11.0 Å². The maximum atomic E-state index is 5.12. The van der Waals surface area contributed by atoms with Gasteiger partial charge < -0.3 is 14.6 Å². The smallest absolute Gasteiger partial charge is 0.213 e. The third-order valence-electron chi connectivity index (χ3n) is 3.62. The Morgan fingerprint density at radius 3 is 3.00 bits per heavy atom. The van der Waals surface area contributed by atoms with Gasteiger partial charge in [-0.25, -0.2) is 9.97 Å². The molecule has 0 saturated carbocycles. The number of fused-ring (bicyclic) bond motifs is 1. The van der Waals surface area contributed by atoms with Crippen molar-refractivity contribution in [3.05, 3.63) is 54.5 Å². The molecular weight excluding hydrogens is 276 g/mol. The van der Waals surface area contributed by atoms with Crippen molar-refractivity contribution in [1.29, 1.82) is 0 Å². The number of hydrogen-bond donors (Lipinski definition) is 1. The van der Waals surface area contributed by atoms with Crippen molar-refractivity contribution in [3.63, 3.8) is 0 Å². The van der Waals surface area contributed by atoms with Crippen LogP contribution in [0.2, 0.25) is 0 Å². The summed E-state index contributed by atoms with van der Waals surface area (Å²) in [5.74, 6) is 0.657. The number of pyridine rings is 1. The van der Waals surface area contributed by atoms with Gasteiger partial charge in [0.1, 0.15) is 0 Å². The maximum Gasteiger partial charge on any atom is 0.213 e. The SMILES string of the molecule is COc1cc(CNCCCn2cnc3ccccc32)ccn1. The third-order valence-corrected chi connectivity index (χ3v) is 3.62. The van der Waals surface area contributed by atoms with Gasteiger partial charge in [0.25, 0.3) is 0 Å². The molecule has 0 amide bonds. The highest BCUT2D eigenvalue weighted by Gasteiger charge is 2.01. The van der Waals surface area contributed by atoms with Gasteiger partial charge in [-0.2, -0.15) is 0 Å². The first-order valence-corrected chi connectivity index (χ1v) is 7.46. The summed E-state index contributed by atoms with van der Waals surface area (Å²) in [5, 5.41) is 3.45. The number of ether oxygens (including phenoxy) is 1. The van der Waals surface area contributed by atoms with Crippen molar-refractivity contribution < 1.29 is 4.74 Å². The van der Waals surface area contributed by atoms with Gasteiger partial charge in [-0.1, -0.05) is 12.1 Å². The van der Waals surface area contributed by atoms with E-state index in [0.717, 1.165) is 31.6 Å². The lowest BCUT2D eigenvalue weighted by Crippen LogP contribution is -2.16. The molecular formula is C17H20N4O. The molecule has 0 radical (unpaired) electrons. The van der Waals surface area contributed by atoms with Gasteiger partial charge in [-0.05, 0) is 36.7 Å². The molecule has 0 atom stereocenters. The quantitative estimate of drug-likeness (QED) is 0.681. The number of methoxy groups -OCH3 is 1. The predicted molar refractivity (Wildman–Crippen MR) is 86.8 cm³/mol. The van der Waals surface area contributed by atoms with E-state index in [2.05, 4.69) is 32.0 Å². The first-order chi connectivity index (χ1) is 10.9. The molecule has 114 valence electrons. The summed E-state index contributed by atoms with van der Waals surface area (Å²) in [6, 6.07) is 12.2. The van der Waals surface area contributed by atoms with Crippen molar-refractivity contribution in [3.8, 4) is 5.88 Å². The molecule has 0 unspecified atom stereocenters. The highest BCUT2D eigenvalue weighted by Crippen LogP contribution is 2.12. The van der Waals surface area contributed by atoms with Crippen molar-refractivity contribution in [2.24, 2.45) is 0 Å². The lowest BCUT2D eigenvalue weighted by molar-refractivity contribution is 0.397. The van der Waals surface area contributed by atoms with E-state index in [0.29, 0.717) is 5.88 Å². The molecule has 0 aliphatic rings. The van der Waals surface area contributed by atoms with E-state index in [9.17, 15) is 0 Å². The van der Waals surface area contributed by atoms with Crippen LogP contribution in [0.1, 0.15) is 12.0 Å². The number of nitrogens with zero attached hydrogens (tertiary/aromatic N) is 3. The molecule has 0 aliphatic heterocycles. The molecule has 3 aromatic rings. The van der Waals surface area contributed by atoms with Crippen LogP contribution in [0.5, 0.6) is 5.88 Å².